The highest BCUT2D eigenvalue weighted by Crippen LogP contribution is 2.36. The summed E-state index contributed by atoms with van der Waals surface area (Å²) >= 11 is 14.4. The maximum atomic E-state index is 12.8. The Bertz CT molecular complexity index is 1070. The van der Waals surface area contributed by atoms with Crippen LogP contribution < -0.4 is 10.2 Å². The van der Waals surface area contributed by atoms with Crippen LogP contribution in [0.2, 0.25) is 5.02 Å². The number of carbonyl (C=O) groups is 2. The number of halogens is 2. The number of hydrazine groups is 1. The molecule has 1 aliphatic rings. The highest BCUT2D eigenvalue weighted by molar-refractivity contribution is 14.1. The Labute approximate surface area is 195 Å². The number of ether oxygens (including phenoxy) is 1. The number of phenols is 1. The average molecular weight is 561 g/mol. The molecule has 2 aromatic rings. The SMILES string of the molecule is COc1cc(/C=C2/SC(=S)N(NC(=O)c3ccc(C)cc3Cl)C2=O)cc(I)c1O. The van der Waals surface area contributed by atoms with Gasteiger partial charge in [-0.3, -0.25) is 15.0 Å². The van der Waals surface area contributed by atoms with Gasteiger partial charge in [-0.15, -0.1) is 0 Å². The van der Waals surface area contributed by atoms with Crippen molar-refractivity contribution in [3.05, 3.63) is 60.5 Å². The number of nitrogens with zero attached hydrogens (tertiary/aromatic N) is 1. The zero-order valence-corrected chi connectivity index (χ0v) is 19.7. The summed E-state index contributed by atoms with van der Waals surface area (Å²) in [5.41, 5.74) is 4.32. The number of carbonyl (C=O) groups excluding carboxylic acids is 2. The van der Waals surface area contributed by atoms with E-state index in [1.165, 1.54) is 7.11 Å². The largest absolute Gasteiger partial charge is 0.504 e. The third-order valence-electron chi connectivity index (χ3n) is 3.94. The Kier molecular flexibility index (Phi) is 6.72. The number of aryl methyl sites for hydroxylation is 1. The molecule has 1 heterocycles. The van der Waals surface area contributed by atoms with E-state index in [0.29, 0.717) is 19.8 Å². The molecule has 150 valence electrons. The number of nitrogens with one attached hydrogen (secondary N) is 1. The molecule has 10 heteroatoms. The molecule has 1 fully saturated rings. The lowest BCUT2D eigenvalue weighted by Crippen LogP contribution is -2.44. The van der Waals surface area contributed by atoms with Crippen LogP contribution in [-0.2, 0) is 4.79 Å². The van der Waals surface area contributed by atoms with Crippen molar-refractivity contribution < 1.29 is 19.4 Å². The Morgan fingerprint density at radius 3 is 2.76 bits per heavy atom. The van der Waals surface area contributed by atoms with Crippen molar-refractivity contribution in [3.63, 3.8) is 0 Å². The van der Waals surface area contributed by atoms with Crippen molar-refractivity contribution in [2.45, 2.75) is 6.92 Å². The van der Waals surface area contributed by atoms with E-state index in [9.17, 15) is 14.7 Å². The van der Waals surface area contributed by atoms with Gasteiger partial charge in [-0.25, -0.2) is 0 Å². The fraction of sp³-hybridized carbons (Fsp3) is 0.105. The van der Waals surface area contributed by atoms with Gasteiger partial charge in [0.25, 0.3) is 11.8 Å². The van der Waals surface area contributed by atoms with Gasteiger partial charge in [0.15, 0.2) is 15.8 Å². The number of hydrogen-bond acceptors (Lipinski definition) is 6. The Balaban J connectivity index is 1.83. The molecule has 2 aromatic carbocycles. The van der Waals surface area contributed by atoms with Crippen molar-refractivity contribution in [2.24, 2.45) is 0 Å². The van der Waals surface area contributed by atoms with Gasteiger partial charge >= 0.3 is 0 Å². The summed E-state index contributed by atoms with van der Waals surface area (Å²) in [6.07, 6.45) is 1.62. The number of amides is 2. The van der Waals surface area contributed by atoms with E-state index in [0.717, 1.165) is 22.3 Å². The molecule has 0 atom stereocenters. The lowest BCUT2D eigenvalue weighted by molar-refractivity contribution is -0.123. The molecule has 1 aliphatic heterocycles. The highest BCUT2D eigenvalue weighted by atomic mass is 127. The molecule has 0 spiro atoms. The van der Waals surface area contributed by atoms with Crippen LogP contribution >= 0.6 is 58.2 Å². The second-order valence-corrected chi connectivity index (χ2v) is 9.24. The maximum absolute atomic E-state index is 12.8. The van der Waals surface area contributed by atoms with Crippen molar-refractivity contribution in [1.82, 2.24) is 10.4 Å². The summed E-state index contributed by atoms with van der Waals surface area (Å²) in [6, 6.07) is 8.32. The van der Waals surface area contributed by atoms with Gasteiger partial charge in [0.1, 0.15) is 0 Å². The zero-order valence-electron chi connectivity index (χ0n) is 15.2. The average Bonchev–Trinajstić information content (AvgIpc) is 2.91. The monoisotopic (exact) mass is 560 g/mol. The number of methoxy groups -OCH3 is 1. The number of hydrogen-bond donors (Lipinski definition) is 2. The summed E-state index contributed by atoms with van der Waals surface area (Å²) in [6.45, 7) is 1.86. The summed E-state index contributed by atoms with van der Waals surface area (Å²) < 4.78 is 5.91. The summed E-state index contributed by atoms with van der Waals surface area (Å²) in [4.78, 5) is 25.6. The van der Waals surface area contributed by atoms with Gasteiger partial charge in [-0.05, 0) is 83.2 Å². The topological polar surface area (TPSA) is 78.9 Å². The van der Waals surface area contributed by atoms with E-state index in [4.69, 9.17) is 28.6 Å². The molecular formula is C19H14ClIN2O4S2. The zero-order chi connectivity index (χ0) is 21.3. The van der Waals surface area contributed by atoms with Gasteiger partial charge in [-0.2, -0.15) is 5.01 Å². The fourth-order valence-corrected chi connectivity index (χ4v) is 4.64. The lowest BCUT2D eigenvalue weighted by Gasteiger charge is -2.16. The molecule has 0 aromatic heterocycles. The molecule has 3 rings (SSSR count). The first-order chi connectivity index (χ1) is 13.7. The number of thiocarbonyl (C=S) groups is 1. The quantitative estimate of drug-likeness (QED) is 0.325. The molecule has 2 N–H and O–H groups in total. The Hall–Kier alpha value is -1.82. The standard InChI is InChI=1S/C19H14ClIN2O4S2/c1-9-3-4-11(12(20)5-9)17(25)22-23-18(26)15(29-19(23)28)8-10-6-13(21)16(24)14(7-10)27-2/h3-8,24H,1-2H3,(H,22,25)/b15-8+. The number of thioether (sulfide) groups is 1. The third-order valence-corrected chi connectivity index (χ3v) is 6.38. The van der Waals surface area contributed by atoms with Gasteiger partial charge in [0.05, 0.1) is 26.2 Å². The normalized spacial score (nSPS) is 15.2. The molecule has 29 heavy (non-hydrogen) atoms. The van der Waals surface area contributed by atoms with Crippen LogP contribution in [0.3, 0.4) is 0 Å². The van der Waals surface area contributed by atoms with E-state index >= 15 is 0 Å². The van der Waals surface area contributed by atoms with Crippen molar-refractivity contribution >= 4 is 80.4 Å². The predicted octanol–water partition coefficient (Wildman–Crippen LogP) is 4.51. The van der Waals surface area contributed by atoms with E-state index in [1.807, 2.05) is 29.5 Å². The van der Waals surface area contributed by atoms with Gasteiger partial charge in [-0.1, -0.05) is 29.4 Å². The highest BCUT2D eigenvalue weighted by Gasteiger charge is 2.34. The number of aromatic hydroxyl groups is 1. The maximum Gasteiger partial charge on any atom is 0.285 e. The van der Waals surface area contributed by atoms with Crippen molar-refractivity contribution in [2.75, 3.05) is 7.11 Å². The fourth-order valence-electron chi connectivity index (χ4n) is 2.51. The first-order valence-electron chi connectivity index (χ1n) is 8.13. The molecule has 0 saturated carbocycles. The third kappa shape index (κ3) is 4.68. The second-order valence-electron chi connectivity index (χ2n) is 5.99. The molecule has 0 aliphatic carbocycles. The predicted molar refractivity (Wildman–Crippen MR) is 126 cm³/mol. The first-order valence-corrected chi connectivity index (χ1v) is 10.8. The summed E-state index contributed by atoms with van der Waals surface area (Å²) in [5.74, 6) is -0.673. The molecule has 6 nitrogen and oxygen atoms in total. The molecule has 1 saturated heterocycles. The first kappa shape index (κ1) is 21.9. The second kappa shape index (κ2) is 8.90. The molecule has 2 amide bonds. The van der Waals surface area contributed by atoms with Gasteiger partial charge < -0.3 is 9.84 Å². The molecule has 0 bridgehead atoms. The van der Waals surface area contributed by atoms with Crippen LogP contribution in [-0.4, -0.2) is 33.4 Å². The minimum Gasteiger partial charge on any atom is -0.504 e. The number of phenolic OH excluding ortho intramolecular Hbond substituents is 1. The summed E-state index contributed by atoms with van der Waals surface area (Å²) in [7, 11) is 1.44. The van der Waals surface area contributed by atoms with Crippen molar-refractivity contribution in [1.29, 1.82) is 0 Å². The van der Waals surface area contributed by atoms with E-state index < -0.39 is 11.8 Å². The van der Waals surface area contributed by atoms with E-state index in [1.54, 1.807) is 36.4 Å². The minimum atomic E-state index is -0.534. The van der Waals surface area contributed by atoms with Crippen molar-refractivity contribution in [3.8, 4) is 11.5 Å². The Morgan fingerprint density at radius 1 is 1.38 bits per heavy atom. The van der Waals surface area contributed by atoms with Crippen LogP contribution in [0.4, 0.5) is 0 Å². The Morgan fingerprint density at radius 2 is 2.10 bits per heavy atom. The smallest absolute Gasteiger partial charge is 0.285 e. The van der Waals surface area contributed by atoms with Crippen LogP contribution in [0.15, 0.2) is 35.2 Å². The van der Waals surface area contributed by atoms with Crippen LogP contribution in [0.25, 0.3) is 6.08 Å². The van der Waals surface area contributed by atoms with E-state index in [-0.39, 0.29) is 20.7 Å². The van der Waals surface area contributed by atoms with Crippen LogP contribution in [0.5, 0.6) is 11.5 Å². The van der Waals surface area contributed by atoms with Crippen LogP contribution in [0.1, 0.15) is 21.5 Å². The number of benzene rings is 2. The van der Waals surface area contributed by atoms with Gasteiger partial charge in [0, 0.05) is 0 Å². The number of rotatable bonds is 4. The summed E-state index contributed by atoms with van der Waals surface area (Å²) in [5, 5.41) is 11.3. The lowest BCUT2D eigenvalue weighted by atomic mass is 10.1. The van der Waals surface area contributed by atoms with Gasteiger partial charge in [0.2, 0.25) is 0 Å². The van der Waals surface area contributed by atoms with Crippen LogP contribution in [0, 0.1) is 10.5 Å². The molecule has 0 radical (unpaired) electrons. The minimum absolute atomic E-state index is 0.0278. The molecule has 0 unspecified atom stereocenters. The van der Waals surface area contributed by atoms with E-state index in [2.05, 4.69) is 5.43 Å². The molecular weight excluding hydrogens is 547 g/mol.